The highest BCUT2D eigenvalue weighted by atomic mass is 16.4. The van der Waals surface area contributed by atoms with Crippen LogP contribution in [0.25, 0.3) is 0 Å². The molecular weight excluding hydrogens is 244 g/mol. The highest BCUT2D eigenvalue weighted by molar-refractivity contribution is 5.87. The van der Waals surface area contributed by atoms with Crippen molar-refractivity contribution in [3.63, 3.8) is 0 Å². The maximum atomic E-state index is 12.0. The standard InChI is InChI=1S/C14H24N2O3/c1-9-6-10(2)8-11(7-9)15-13(19)16-14(12(17)18)4-3-5-14/h9-11H,3-8H2,1-2H3,(H,17,18)(H2,15,16,19). The van der Waals surface area contributed by atoms with E-state index in [0.29, 0.717) is 24.7 Å². The Labute approximate surface area is 114 Å². The Morgan fingerprint density at radius 3 is 2.11 bits per heavy atom. The lowest BCUT2D eigenvalue weighted by Gasteiger charge is -2.39. The molecule has 2 saturated carbocycles. The molecule has 0 aliphatic heterocycles. The van der Waals surface area contributed by atoms with Crippen LogP contribution in [0.4, 0.5) is 4.79 Å². The fraction of sp³-hybridized carbons (Fsp3) is 0.857. The van der Waals surface area contributed by atoms with Crippen LogP contribution < -0.4 is 10.6 Å². The van der Waals surface area contributed by atoms with Crippen LogP contribution in [0.3, 0.4) is 0 Å². The molecular formula is C14H24N2O3. The van der Waals surface area contributed by atoms with Gasteiger partial charge in [-0.15, -0.1) is 0 Å². The van der Waals surface area contributed by atoms with Crippen molar-refractivity contribution in [1.82, 2.24) is 10.6 Å². The zero-order valence-corrected chi connectivity index (χ0v) is 11.7. The van der Waals surface area contributed by atoms with E-state index in [2.05, 4.69) is 24.5 Å². The molecule has 0 aromatic heterocycles. The number of nitrogens with one attached hydrogen (secondary N) is 2. The molecule has 2 atom stereocenters. The molecule has 0 heterocycles. The summed E-state index contributed by atoms with van der Waals surface area (Å²) in [6, 6.07) is -0.155. The molecule has 0 radical (unpaired) electrons. The number of amides is 2. The second-order valence-corrected chi connectivity index (χ2v) is 6.45. The number of urea groups is 1. The molecule has 0 spiro atoms. The topological polar surface area (TPSA) is 78.4 Å². The first-order chi connectivity index (χ1) is 8.91. The van der Waals surface area contributed by atoms with Crippen molar-refractivity contribution in [2.75, 3.05) is 0 Å². The van der Waals surface area contributed by atoms with Crippen LogP contribution in [0.1, 0.15) is 52.4 Å². The van der Waals surface area contributed by atoms with Gasteiger partial charge in [0.1, 0.15) is 5.54 Å². The second kappa shape index (κ2) is 5.39. The molecule has 5 nitrogen and oxygen atoms in total. The summed E-state index contributed by atoms with van der Waals surface area (Å²) in [7, 11) is 0. The summed E-state index contributed by atoms with van der Waals surface area (Å²) < 4.78 is 0. The van der Waals surface area contributed by atoms with Gasteiger partial charge in [-0.3, -0.25) is 0 Å². The summed E-state index contributed by atoms with van der Waals surface area (Å²) in [4.78, 5) is 23.1. The Morgan fingerprint density at radius 1 is 1.11 bits per heavy atom. The summed E-state index contributed by atoms with van der Waals surface area (Å²) in [5, 5.41) is 14.8. The van der Waals surface area contributed by atoms with Gasteiger partial charge in [0.15, 0.2) is 0 Å². The number of carboxylic acids is 1. The minimum atomic E-state index is -1.02. The largest absolute Gasteiger partial charge is 0.480 e. The van der Waals surface area contributed by atoms with Gasteiger partial charge in [0, 0.05) is 6.04 Å². The van der Waals surface area contributed by atoms with E-state index in [9.17, 15) is 14.7 Å². The maximum Gasteiger partial charge on any atom is 0.329 e. The number of carboxylic acid groups (broad SMARTS) is 1. The molecule has 3 N–H and O–H groups in total. The van der Waals surface area contributed by atoms with Crippen LogP contribution in [0.2, 0.25) is 0 Å². The molecule has 0 aromatic rings. The van der Waals surface area contributed by atoms with Crippen molar-refractivity contribution < 1.29 is 14.7 Å². The van der Waals surface area contributed by atoms with Crippen LogP contribution in [0.15, 0.2) is 0 Å². The lowest BCUT2D eigenvalue weighted by atomic mass is 9.77. The molecule has 2 unspecified atom stereocenters. The van der Waals surface area contributed by atoms with Crippen LogP contribution in [-0.4, -0.2) is 28.7 Å². The average Bonchev–Trinajstić information content (AvgIpc) is 2.21. The van der Waals surface area contributed by atoms with Gasteiger partial charge in [0.25, 0.3) is 0 Å². The van der Waals surface area contributed by atoms with E-state index >= 15 is 0 Å². The Balaban J connectivity index is 1.85. The summed E-state index contributed by atoms with van der Waals surface area (Å²) in [6.07, 6.45) is 5.11. The molecule has 0 aromatic carbocycles. The third-order valence-corrected chi connectivity index (χ3v) is 4.48. The van der Waals surface area contributed by atoms with E-state index in [-0.39, 0.29) is 12.1 Å². The zero-order chi connectivity index (χ0) is 14.0. The predicted molar refractivity (Wildman–Crippen MR) is 71.9 cm³/mol. The molecule has 2 amide bonds. The van der Waals surface area contributed by atoms with E-state index in [1.807, 2.05) is 0 Å². The van der Waals surface area contributed by atoms with E-state index < -0.39 is 11.5 Å². The molecule has 2 fully saturated rings. The Hall–Kier alpha value is -1.26. The SMILES string of the molecule is CC1CC(C)CC(NC(=O)NC2(C(=O)O)CCC2)C1. The fourth-order valence-corrected chi connectivity index (χ4v) is 3.43. The van der Waals surface area contributed by atoms with Gasteiger partial charge in [-0.05, 0) is 50.4 Å². The molecule has 108 valence electrons. The van der Waals surface area contributed by atoms with E-state index in [1.165, 1.54) is 6.42 Å². The van der Waals surface area contributed by atoms with Crippen molar-refractivity contribution >= 4 is 12.0 Å². The number of rotatable bonds is 3. The number of carbonyl (C=O) groups excluding carboxylic acids is 1. The summed E-state index contributed by atoms with van der Waals surface area (Å²) >= 11 is 0. The molecule has 2 aliphatic carbocycles. The predicted octanol–water partition coefficient (Wildman–Crippen LogP) is 2.12. The fourth-order valence-electron chi connectivity index (χ4n) is 3.43. The van der Waals surface area contributed by atoms with Gasteiger partial charge in [0.05, 0.1) is 0 Å². The quantitative estimate of drug-likeness (QED) is 0.733. The van der Waals surface area contributed by atoms with Crippen LogP contribution in [0, 0.1) is 11.8 Å². The Morgan fingerprint density at radius 2 is 1.68 bits per heavy atom. The maximum absolute atomic E-state index is 12.0. The first-order valence-corrected chi connectivity index (χ1v) is 7.23. The van der Waals surface area contributed by atoms with Crippen LogP contribution in [0.5, 0.6) is 0 Å². The number of hydrogen-bond acceptors (Lipinski definition) is 2. The van der Waals surface area contributed by atoms with Crippen LogP contribution >= 0.6 is 0 Å². The number of aliphatic carboxylic acids is 1. The third-order valence-electron chi connectivity index (χ3n) is 4.48. The van der Waals surface area contributed by atoms with Crippen molar-refractivity contribution in [1.29, 1.82) is 0 Å². The summed E-state index contributed by atoms with van der Waals surface area (Å²) in [5.74, 6) is 0.316. The lowest BCUT2D eigenvalue weighted by Crippen LogP contribution is -2.62. The number of carbonyl (C=O) groups is 2. The van der Waals surface area contributed by atoms with Gasteiger partial charge in [-0.2, -0.15) is 0 Å². The third kappa shape index (κ3) is 3.19. The normalized spacial score (nSPS) is 33.1. The van der Waals surface area contributed by atoms with Gasteiger partial charge < -0.3 is 15.7 Å². The zero-order valence-electron chi connectivity index (χ0n) is 11.7. The van der Waals surface area contributed by atoms with E-state index in [0.717, 1.165) is 19.3 Å². The molecule has 5 heteroatoms. The first kappa shape index (κ1) is 14.2. The van der Waals surface area contributed by atoms with E-state index in [4.69, 9.17) is 0 Å². The Kier molecular flexibility index (Phi) is 4.02. The minimum absolute atomic E-state index is 0.171. The molecule has 0 bridgehead atoms. The highest BCUT2D eigenvalue weighted by Gasteiger charge is 2.46. The molecule has 2 rings (SSSR count). The molecule has 19 heavy (non-hydrogen) atoms. The van der Waals surface area contributed by atoms with Crippen molar-refractivity contribution in [3.05, 3.63) is 0 Å². The Bertz CT molecular complexity index is 356. The smallest absolute Gasteiger partial charge is 0.329 e. The summed E-state index contributed by atoms with van der Waals surface area (Å²) in [6.45, 7) is 4.40. The monoisotopic (exact) mass is 268 g/mol. The minimum Gasteiger partial charge on any atom is -0.480 e. The average molecular weight is 268 g/mol. The van der Waals surface area contributed by atoms with Crippen molar-refractivity contribution in [2.45, 2.75) is 64.0 Å². The van der Waals surface area contributed by atoms with Gasteiger partial charge in [-0.25, -0.2) is 9.59 Å². The molecule has 0 saturated heterocycles. The first-order valence-electron chi connectivity index (χ1n) is 7.23. The van der Waals surface area contributed by atoms with Crippen molar-refractivity contribution in [3.8, 4) is 0 Å². The van der Waals surface area contributed by atoms with Crippen LogP contribution in [-0.2, 0) is 4.79 Å². The van der Waals surface area contributed by atoms with Gasteiger partial charge in [0.2, 0.25) is 0 Å². The lowest BCUT2D eigenvalue weighted by molar-refractivity contribution is -0.148. The summed E-state index contributed by atoms with van der Waals surface area (Å²) in [5.41, 5.74) is -1.02. The van der Waals surface area contributed by atoms with Gasteiger partial charge in [-0.1, -0.05) is 13.8 Å². The van der Waals surface area contributed by atoms with E-state index in [1.54, 1.807) is 0 Å². The second-order valence-electron chi connectivity index (χ2n) is 6.45. The highest BCUT2D eigenvalue weighted by Crippen LogP contribution is 2.32. The number of hydrogen-bond donors (Lipinski definition) is 3. The molecule has 2 aliphatic rings. The van der Waals surface area contributed by atoms with Crippen molar-refractivity contribution in [2.24, 2.45) is 11.8 Å². The van der Waals surface area contributed by atoms with Gasteiger partial charge >= 0.3 is 12.0 Å².